The first-order chi connectivity index (χ1) is 8.29. The van der Waals surface area contributed by atoms with Crippen molar-refractivity contribution in [3.63, 3.8) is 0 Å². The third kappa shape index (κ3) is 3.17. The molecule has 0 unspecified atom stereocenters. The van der Waals surface area contributed by atoms with E-state index in [0.29, 0.717) is 6.41 Å². The van der Waals surface area contributed by atoms with Crippen molar-refractivity contribution in [3.05, 3.63) is 64.1 Å². The first-order valence-corrected chi connectivity index (χ1v) is 6.11. The van der Waals surface area contributed by atoms with Gasteiger partial charge in [-0.15, -0.1) is 0 Å². The molecule has 1 N–H and O–H groups in total. The summed E-state index contributed by atoms with van der Waals surface area (Å²) in [6.45, 7) is 0. The van der Waals surface area contributed by atoms with E-state index in [2.05, 4.69) is 33.4 Å². The molecule has 0 spiro atoms. The van der Waals surface area contributed by atoms with Gasteiger partial charge in [0.1, 0.15) is 0 Å². The van der Waals surface area contributed by atoms with Gasteiger partial charge in [-0.3, -0.25) is 4.79 Å². The van der Waals surface area contributed by atoms with Gasteiger partial charge in [0.25, 0.3) is 0 Å². The molecule has 0 bridgehead atoms. The lowest BCUT2D eigenvalue weighted by Gasteiger charge is -2.09. The van der Waals surface area contributed by atoms with Crippen molar-refractivity contribution in [1.29, 1.82) is 0 Å². The summed E-state index contributed by atoms with van der Waals surface area (Å²) in [6, 6.07) is 16.0. The van der Waals surface area contributed by atoms with Crippen molar-refractivity contribution >= 4 is 28.0 Å². The Bertz CT molecular complexity index is 511. The molecule has 0 fully saturated rings. The van der Waals surface area contributed by atoms with Gasteiger partial charge in [0.05, 0.1) is 0 Å². The van der Waals surface area contributed by atoms with Crippen molar-refractivity contribution in [2.75, 3.05) is 5.32 Å². The molecule has 2 aromatic rings. The number of anilines is 1. The molecule has 0 saturated heterocycles. The van der Waals surface area contributed by atoms with E-state index in [1.54, 1.807) is 0 Å². The Labute approximate surface area is 109 Å². The number of nitrogens with one attached hydrogen (secondary N) is 1. The van der Waals surface area contributed by atoms with Crippen LogP contribution in [0, 0.1) is 0 Å². The molecule has 0 aliphatic rings. The highest BCUT2D eigenvalue weighted by Gasteiger charge is 2.03. The fourth-order valence-corrected chi connectivity index (χ4v) is 2.14. The lowest BCUT2D eigenvalue weighted by molar-refractivity contribution is -0.105. The van der Waals surface area contributed by atoms with E-state index in [4.69, 9.17) is 0 Å². The molecule has 86 valence electrons. The predicted octanol–water partition coefficient (Wildman–Crippen LogP) is 3.61. The monoisotopic (exact) mass is 289 g/mol. The van der Waals surface area contributed by atoms with Crippen molar-refractivity contribution in [2.24, 2.45) is 0 Å². The van der Waals surface area contributed by atoms with Crippen LogP contribution in [0.15, 0.2) is 53.0 Å². The molecule has 1 amide bonds. The molecule has 17 heavy (non-hydrogen) atoms. The number of halogens is 1. The van der Waals surface area contributed by atoms with E-state index in [-0.39, 0.29) is 0 Å². The van der Waals surface area contributed by atoms with E-state index in [0.717, 1.165) is 22.1 Å². The number of hydrogen-bond donors (Lipinski definition) is 1. The molecule has 0 atom stereocenters. The van der Waals surface area contributed by atoms with Crippen LogP contribution in [-0.2, 0) is 11.2 Å². The maximum absolute atomic E-state index is 10.5. The molecule has 0 aliphatic carbocycles. The van der Waals surface area contributed by atoms with Gasteiger partial charge in [-0.25, -0.2) is 0 Å². The molecular formula is C14H12BrNO. The molecule has 2 rings (SSSR count). The fraction of sp³-hybridized carbons (Fsp3) is 0.0714. The topological polar surface area (TPSA) is 29.1 Å². The summed E-state index contributed by atoms with van der Waals surface area (Å²) in [5, 5.41) is 2.72. The molecule has 0 radical (unpaired) electrons. The van der Waals surface area contributed by atoms with E-state index in [1.807, 2.05) is 36.4 Å². The third-order valence-corrected chi connectivity index (χ3v) is 3.01. The summed E-state index contributed by atoms with van der Waals surface area (Å²) in [4.78, 5) is 10.5. The highest BCUT2D eigenvalue weighted by atomic mass is 79.9. The second-order valence-corrected chi connectivity index (χ2v) is 4.64. The summed E-state index contributed by atoms with van der Waals surface area (Å²) in [5.41, 5.74) is 3.17. The normalized spacial score (nSPS) is 9.94. The number of hydrogen-bond acceptors (Lipinski definition) is 1. The minimum atomic E-state index is 0.706. The molecule has 0 heterocycles. The Morgan fingerprint density at radius 3 is 2.59 bits per heavy atom. The quantitative estimate of drug-likeness (QED) is 0.856. The van der Waals surface area contributed by atoms with Crippen LogP contribution in [0.2, 0.25) is 0 Å². The van der Waals surface area contributed by atoms with Crippen molar-refractivity contribution < 1.29 is 4.79 Å². The Morgan fingerprint density at radius 2 is 1.88 bits per heavy atom. The highest BCUT2D eigenvalue weighted by Crippen LogP contribution is 2.23. The van der Waals surface area contributed by atoms with Crippen LogP contribution < -0.4 is 5.32 Å². The van der Waals surface area contributed by atoms with Crippen LogP contribution in [0.5, 0.6) is 0 Å². The van der Waals surface area contributed by atoms with Gasteiger partial charge in [-0.1, -0.05) is 46.3 Å². The van der Waals surface area contributed by atoms with Crippen LogP contribution in [0.1, 0.15) is 11.1 Å². The van der Waals surface area contributed by atoms with Gasteiger partial charge in [0.2, 0.25) is 6.41 Å². The van der Waals surface area contributed by atoms with Crippen LogP contribution in [-0.4, -0.2) is 6.41 Å². The Hall–Kier alpha value is -1.61. The number of rotatable bonds is 4. The fourth-order valence-electron chi connectivity index (χ4n) is 1.73. The van der Waals surface area contributed by atoms with Crippen LogP contribution >= 0.6 is 15.9 Å². The van der Waals surface area contributed by atoms with Crippen molar-refractivity contribution in [2.45, 2.75) is 6.42 Å². The van der Waals surface area contributed by atoms with E-state index >= 15 is 0 Å². The minimum Gasteiger partial charge on any atom is -0.328 e. The zero-order valence-corrected chi connectivity index (χ0v) is 10.8. The first kappa shape index (κ1) is 11.9. The molecular weight excluding hydrogens is 278 g/mol. The van der Waals surface area contributed by atoms with Crippen LogP contribution in [0.3, 0.4) is 0 Å². The SMILES string of the molecule is O=CNc1ccc(Br)cc1Cc1ccccc1. The van der Waals surface area contributed by atoms with Gasteiger partial charge >= 0.3 is 0 Å². The molecule has 0 aliphatic heterocycles. The molecule has 3 heteroatoms. The van der Waals surface area contributed by atoms with Gasteiger partial charge in [0, 0.05) is 10.2 Å². The number of carbonyl (C=O) groups is 1. The van der Waals surface area contributed by atoms with Crippen molar-refractivity contribution in [1.82, 2.24) is 0 Å². The third-order valence-electron chi connectivity index (χ3n) is 2.52. The predicted molar refractivity (Wildman–Crippen MR) is 73.1 cm³/mol. The first-order valence-electron chi connectivity index (χ1n) is 5.32. The molecule has 2 nitrogen and oxygen atoms in total. The zero-order valence-electron chi connectivity index (χ0n) is 9.19. The summed E-state index contributed by atoms with van der Waals surface area (Å²) in [5.74, 6) is 0. The number of carbonyl (C=O) groups excluding carboxylic acids is 1. The van der Waals surface area contributed by atoms with Crippen LogP contribution in [0.25, 0.3) is 0 Å². The standard InChI is InChI=1S/C14H12BrNO/c15-13-6-7-14(16-10-17)12(9-13)8-11-4-2-1-3-5-11/h1-7,9-10H,8H2,(H,16,17). The number of amides is 1. The second-order valence-electron chi connectivity index (χ2n) is 3.73. The largest absolute Gasteiger partial charge is 0.328 e. The Morgan fingerprint density at radius 1 is 1.12 bits per heavy atom. The highest BCUT2D eigenvalue weighted by molar-refractivity contribution is 9.10. The Kier molecular flexibility index (Phi) is 3.94. The molecule has 0 aromatic heterocycles. The Balaban J connectivity index is 2.30. The minimum absolute atomic E-state index is 0.706. The molecule has 2 aromatic carbocycles. The van der Waals surface area contributed by atoms with Gasteiger partial charge < -0.3 is 5.32 Å². The van der Waals surface area contributed by atoms with Crippen LogP contribution in [0.4, 0.5) is 5.69 Å². The van der Waals surface area contributed by atoms with E-state index in [9.17, 15) is 4.79 Å². The summed E-state index contributed by atoms with van der Waals surface area (Å²) in [7, 11) is 0. The molecule has 0 saturated carbocycles. The lowest BCUT2D eigenvalue weighted by Crippen LogP contribution is -1.99. The zero-order chi connectivity index (χ0) is 12.1. The van der Waals surface area contributed by atoms with E-state index in [1.165, 1.54) is 5.56 Å². The van der Waals surface area contributed by atoms with Gasteiger partial charge in [0.15, 0.2) is 0 Å². The smallest absolute Gasteiger partial charge is 0.211 e. The van der Waals surface area contributed by atoms with Gasteiger partial charge in [-0.05, 0) is 35.7 Å². The van der Waals surface area contributed by atoms with Crippen molar-refractivity contribution in [3.8, 4) is 0 Å². The number of benzene rings is 2. The maximum atomic E-state index is 10.5. The van der Waals surface area contributed by atoms with Gasteiger partial charge in [-0.2, -0.15) is 0 Å². The summed E-state index contributed by atoms with van der Waals surface area (Å²) in [6.07, 6.45) is 1.51. The summed E-state index contributed by atoms with van der Waals surface area (Å²) < 4.78 is 1.01. The lowest BCUT2D eigenvalue weighted by atomic mass is 10.0. The van der Waals surface area contributed by atoms with E-state index < -0.39 is 0 Å². The average Bonchev–Trinajstić information content (AvgIpc) is 2.34. The average molecular weight is 290 g/mol. The summed E-state index contributed by atoms with van der Waals surface area (Å²) >= 11 is 3.44. The maximum Gasteiger partial charge on any atom is 0.211 e. The second kappa shape index (κ2) is 5.64.